The van der Waals surface area contributed by atoms with Crippen LogP contribution in [0.1, 0.15) is 25.7 Å². The van der Waals surface area contributed by atoms with E-state index in [4.69, 9.17) is 9.47 Å². The van der Waals surface area contributed by atoms with E-state index >= 15 is 0 Å². The average molecular weight is 170 g/mol. The number of ether oxygens (including phenoxy) is 2. The second kappa shape index (κ2) is 4.24. The van der Waals surface area contributed by atoms with E-state index in [-0.39, 0.29) is 0 Å². The van der Waals surface area contributed by atoms with E-state index in [9.17, 15) is 0 Å². The van der Waals surface area contributed by atoms with E-state index in [0.717, 1.165) is 38.3 Å². The SMILES string of the molecule is C1CC(CCC2CCOC2)CO1. The molecule has 0 radical (unpaired) electrons. The summed E-state index contributed by atoms with van der Waals surface area (Å²) < 4.78 is 10.7. The zero-order valence-corrected chi connectivity index (χ0v) is 7.63. The minimum Gasteiger partial charge on any atom is -0.381 e. The Morgan fingerprint density at radius 1 is 0.833 bits per heavy atom. The summed E-state index contributed by atoms with van der Waals surface area (Å²) in [6.07, 6.45) is 5.28. The van der Waals surface area contributed by atoms with Crippen molar-refractivity contribution in [2.24, 2.45) is 11.8 Å². The highest BCUT2D eigenvalue weighted by Crippen LogP contribution is 2.24. The Hall–Kier alpha value is -0.0800. The van der Waals surface area contributed by atoms with Crippen molar-refractivity contribution < 1.29 is 9.47 Å². The van der Waals surface area contributed by atoms with Crippen LogP contribution in [-0.2, 0) is 9.47 Å². The number of hydrogen-bond acceptors (Lipinski definition) is 2. The van der Waals surface area contributed by atoms with Gasteiger partial charge in [0.15, 0.2) is 0 Å². The molecule has 2 nitrogen and oxygen atoms in total. The first-order valence-electron chi connectivity index (χ1n) is 5.10. The van der Waals surface area contributed by atoms with Gasteiger partial charge >= 0.3 is 0 Å². The third kappa shape index (κ3) is 2.20. The van der Waals surface area contributed by atoms with E-state index in [1.807, 2.05) is 0 Å². The van der Waals surface area contributed by atoms with E-state index in [1.54, 1.807) is 0 Å². The first-order valence-corrected chi connectivity index (χ1v) is 5.10. The molecule has 2 fully saturated rings. The van der Waals surface area contributed by atoms with E-state index in [1.165, 1.54) is 25.7 Å². The molecule has 0 bridgehead atoms. The fraction of sp³-hybridized carbons (Fsp3) is 1.00. The summed E-state index contributed by atoms with van der Waals surface area (Å²) in [6.45, 7) is 4.00. The molecule has 0 amide bonds. The van der Waals surface area contributed by atoms with Gasteiger partial charge in [-0.15, -0.1) is 0 Å². The summed E-state index contributed by atoms with van der Waals surface area (Å²) in [5.74, 6) is 1.70. The Labute approximate surface area is 74.2 Å². The number of rotatable bonds is 3. The van der Waals surface area contributed by atoms with E-state index < -0.39 is 0 Å². The predicted molar refractivity (Wildman–Crippen MR) is 47.1 cm³/mol. The maximum Gasteiger partial charge on any atom is 0.0495 e. The standard InChI is InChI=1S/C10H18O2/c1(9-3-5-11-7-9)2-10-4-6-12-8-10/h9-10H,1-8H2. The Morgan fingerprint density at radius 2 is 1.33 bits per heavy atom. The first-order chi connectivity index (χ1) is 5.95. The van der Waals surface area contributed by atoms with Crippen molar-refractivity contribution in [2.45, 2.75) is 25.7 Å². The van der Waals surface area contributed by atoms with Gasteiger partial charge in [0.2, 0.25) is 0 Å². The van der Waals surface area contributed by atoms with Crippen LogP contribution in [0, 0.1) is 11.8 Å². The molecule has 2 heterocycles. The second-order valence-corrected chi connectivity index (χ2v) is 4.04. The van der Waals surface area contributed by atoms with Crippen LogP contribution in [0.2, 0.25) is 0 Å². The van der Waals surface area contributed by atoms with E-state index in [2.05, 4.69) is 0 Å². The molecule has 0 spiro atoms. The van der Waals surface area contributed by atoms with Crippen molar-refractivity contribution in [3.63, 3.8) is 0 Å². The van der Waals surface area contributed by atoms with Crippen molar-refractivity contribution in [3.8, 4) is 0 Å². The van der Waals surface area contributed by atoms with Crippen LogP contribution < -0.4 is 0 Å². The summed E-state index contributed by atoms with van der Waals surface area (Å²) in [5.41, 5.74) is 0. The van der Waals surface area contributed by atoms with Crippen LogP contribution in [0.15, 0.2) is 0 Å². The molecule has 0 aromatic carbocycles. The van der Waals surface area contributed by atoms with Crippen LogP contribution in [0.5, 0.6) is 0 Å². The van der Waals surface area contributed by atoms with Gasteiger partial charge in [0.1, 0.15) is 0 Å². The minimum absolute atomic E-state index is 0.852. The fourth-order valence-corrected chi connectivity index (χ4v) is 2.09. The van der Waals surface area contributed by atoms with Gasteiger partial charge in [-0.25, -0.2) is 0 Å². The molecule has 12 heavy (non-hydrogen) atoms. The Morgan fingerprint density at radius 3 is 1.67 bits per heavy atom. The highest BCUT2D eigenvalue weighted by molar-refractivity contribution is 4.69. The molecule has 2 atom stereocenters. The second-order valence-electron chi connectivity index (χ2n) is 4.04. The monoisotopic (exact) mass is 170 g/mol. The molecule has 0 aliphatic carbocycles. The lowest BCUT2D eigenvalue weighted by atomic mass is 9.95. The van der Waals surface area contributed by atoms with Gasteiger partial charge in [-0.2, -0.15) is 0 Å². The largest absolute Gasteiger partial charge is 0.381 e. The molecule has 2 aliphatic rings. The predicted octanol–water partition coefficient (Wildman–Crippen LogP) is 1.84. The molecule has 2 unspecified atom stereocenters. The van der Waals surface area contributed by atoms with Crippen LogP contribution >= 0.6 is 0 Å². The molecule has 2 aliphatic heterocycles. The summed E-state index contributed by atoms with van der Waals surface area (Å²) in [6, 6.07) is 0. The van der Waals surface area contributed by atoms with Crippen LogP contribution in [0.25, 0.3) is 0 Å². The topological polar surface area (TPSA) is 18.5 Å². The lowest BCUT2D eigenvalue weighted by Crippen LogP contribution is -2.05. The molecular formula is C10H18O2. The quantitative estimate of drug-likeness (QED) is 0.643. The third-order valence-electron chi connectivity index (χ3n) is 3.03. The van der Waals surface area contributed by atoms with Crippen LogP contribution in [0.4, 0.5) is 0 Å². The molecule has 0 aromatic rings. The van der Waals surface area contributed by atoms with E-state index in [0.29, 0.717) is 0 Å². The molecule has 0 aromatic heterocycles. The van der Waals surface area contributed by atoms with Crippen LogP contribution in [-0.4, -0.2) is 26.4 Å². The molecular weight excluding hydrogens is 152 g/mol. The minimum atomic E-state index is 0.852. The highest BCUT2D eigenvalue weighted by Gasteiger charge is 2.20. The van der Waals surface area contributed by atoms with Crippen molar-refractivity contribution in [2.75, 3.05) is 26.4 Å². The molecule has 0 saturated carbocycles. The van der Waals surface area contributed by atoms with Gasteiger partial charge < -0.3 is 9.47 Å². The Kier molecular flexibility index (Phi) is 3.01. The van der Waals surface area contributed by atoms with Gasteiger partial charge in [-0.3, -0.25) is 0 Å². The van der Waals surface area contributed by atoms with Crippen molar-refractivity contribution in [1.82, 2.24) is 0 Å². The summed E-state index contributed by atoms with van der Waals surface area (Å²) in [4.78, 5) is 0. The summed E-state index contributed by atoms with van der Waals surface area (Å²) in [7, 11) is 0. The van der Waals surface area contributed by atoms with Gasteiger partial charge in [-0.1, -0.05) is 0 Å². The highest BCUT2D eigenvalue weighted by atomic mass is 16.5. The molecule has 2 saturated heterocycles. The zero-order chi connectivity index (χ0) is 8.23. The maximum absolute atomic E-state index is 5.34. The summed E-state index contributed by atoms with van der Waals surface area (Å²) >= 11 is 0. The Balaban J connectivity index is 1.60. The van der Waals surface area contributed by atoms with Crippen molar-refractivity contribution in [3.05, 3.63) is 0 Å². The average Bonchev–Trinajstić information content (AvgIpc) is 2.74. The lowest BCUT2D eigenvalue weighted by Gasteiger charge is -2.10. The third-order valence-corrected chi connectivity index (χ3v) is 3.03. The van der Waals surface area contributed by atoms with Gasteiger partial charge in [0.05, 0.1) is 0 Å². The lowest BCUT2D eigenvalue weighted by molar-refractivity contribution is 0.174. The molecule has 2 rings (SSSR count). The summed E-state index contributed by atoms with van der Waals surface area (Å²) in [5, 5.41) is 0. The van der Waals surface area contributed by atoms with Crippen molar-refractivity contribution in [1.29, 1.82) is 0 Å². The smallest absolute Gasteiger partial charge is 0.0495 e. The molecule has 70 valence electrons. The van der Waals surface area contributed by atoms with Gasteiger partial charge in [-0.05, 0) is 37.5 Å². The zero-order valence-electron chi connectivity index (χ0n) is 7.63. The number of hydrogen-bond donors (Lipinski definition) is 0. The molecule has 2 heteroatoms. The van der Waals surface area contributed by atoms with Gasteiger partial charge in [0, 0.05) is 26.4 Å². The van der Waals surface area contributed by atoms with Gasteiger partial charge in [0.25, 0.3) is 0 Å². The normalized spacial score (nSPS) is 36.0. The first kappa shape index (κ1) is 8.52. The fourth-order valence-electron chi connectivity index (χ4n) is 2.09. The Bertz CT molecular complexity index is 108. The molecule has 0 N–H and O–H groups in total. The maximum atomic E-state index is 5.34. The van der Waals surface area contributed by atoms with Crippen molar-refractivity contribution >= 4 is 0 Å². The van der Waals surface area contributed by atoms with Crippen LogP contribution in [0.3, 0.4) is 0 Å².